The van der Waals surface area contributed by atoms with Crippen molar-refractivity contribution in [2.45, 2.75) is 31.8 Å². The van der Waals surface area contributed by atoms with E-state index in [0.717, 1.165) is 30.0 Å². The summed E-state index contributed by atoms with van der Waals surface area (Å²) < 4.78 is 21.1. The summed E-state index contributed by atoms with van der Waals surface area (Å²) in [6.45, 7) is 7.64. The molecule has 1 saturated heterocycles. The summed E-state index contributed by atoms with van der Waals surface area (Å²) in [4.78, 5) is 30.1. The van der Waals surface area contributed by atoms with Crippen LogP contribution < -0.4 is 14.5 Å². The second-order valence-electron chi connectivity index (χ2n) is 11.0. The molecule has 2 aliphatic heterocycles. The van der Waals surface area contributed by atoms with Crippen LogP contribution >= 0.6 is 11.6 Å². The van der Waals surface area contributed by atoms with Gasteiger partial charge in [-0.2, -0.15) is 15.2 Å². The number of halogens is 2. The van der Waals surface area contributed by atoms with Crippen LogP contribution in [0.4, 0.5) is 15.9 Å². The molecule has 2 fully saturated rings. The zero-order chi connectivity index (χ0) is 28.4. The lowest BCUT2D eigenvalue weighted by Gasteiger charge is -2.42. The van der Waals surface area contributed by atoms with Crippen molar-refractivity contribution in [1.82, 2.24) is 19.8 Å². The average molecular weight is 568 g/mol. The van der Waals surface area contributed by atoms with Gasteiger partial charge in [0.05, 0.1) is 48.1 Å². The molecule has 5 rings (SSSR count). The highest BCUT2D eigenvalue weighted by molar-refractivity contribution is 6.31. The van der Waals surface area contributed by atoms with Crippen molar-refractivity contribution >= 4 is 29.0 Å². The highest BCUT2D eigenvalue weighted by Gasteiger charge is 2.38. The minimum Gasteiger partial charge on any atom is -0.463 e. The van der Waals surface area contributed by atoms with Crippen LogP contribution in [0.3, 0.4) is 0 Å². The summed E-state index contributed by atoms with van der Waals surface area (Å²) in [6.07, 6.45) is 3.24. The Bertz CT molecular complexity index is 1320. The van der Waals surface area contributed by atoms with Crippen LogP contribution in [0.15, 0.2) is 30.9 Å². The Kier molecular flexibility index (Phi) is 8.43. The number of benzene rings is 1. The van der Waals surface area contributed by atoms with E-state index in [-0.39, 0.29) is 23.4 Å². The summed E-state index contributed by atoms with van der Waals surface area (Å²) in [6, 6.07) is 7.26. The molecule has 3 atom stereocenters. The molecule has 0 N–H and O–H groups in total. The zero-order valence-electron chi connectivity index (χ0n) is 23.0. The van der Waals surface area contributed by atoms with E-state index in [1.165, 1.54) is 6.08 Å². The molecule has 0 bridgehead atoms. The number of nitriles is 1. The van der Waals surface area contributed by atoms with Crippen molar-refractivity contribution in [3.63, 3.8) is 0 Å². The van der Waals surface area contributed by atoms with Gasteiger partial charge in [-0.3, -0.25) is 4.79 Å². The Morgan fingerprint density at radius 2 is 2.10 bits per heavy atom. The SMILES string of the molecule is C=CC(=O)N1CCN(c2nc(OCC3CC3CN(C)C)nc3c2CCN(c2cccc(Cl)c2F)C3)CC1CC#N. The van der Waals surface area contributed by atoms with E-state index >= 15 is 0 Å². The van der Waals surface area contributed by atoms with E-state index in [4.69, 9.17) is 26.3 Å². The number of aromatic nitrogens is 2. The lowest BCUT2D eigenvalue weighted by Crippen LogP contribution is -2.55. The van der Waals surface area contributed by atoms with Crippen LogP contribution in [-0.2, 0) is 17.8 Å². The first-order valence-corrected chi connectivity index (χ1v) is 14.1. The number of nitrogens with zero attached hydrogens (tertiary/aromatic N) is 7. The van der Waals surface area contributed by atoms with E-state index in [9.17, 15) is 14.4 Å². The molecule has 3 aliphatic rings. The minimum absolute atomic E-state index is 0.0860. The summed E-state index contributed by atoms with van der Waals surface area (Å²) in [5.41, 5.74) is 2.21. The maximum atomic E-state index is 14.9. The number of carbonyl (C=O) groups is 1. The molecule has 1 aromatic carbocycles. The largest absolute Gasteiger partial charge is 0.463 e. The number of ether oxygens (including phenoxy) is 1. The molecule has 1 saturated carbocycles. The van der Waals surface area contributed by atoms with Crippen LogP contribution in [0, 0.1) is 29.0 Å². The minimum atomic E-state index is -0.443. The van der Waals surface area contributed by atoms with Gasteiger partial charge in [0.15, 0.2) is 5.82 Å². The zero-order valence-corrected chi connectivity index (χ0v) is 23.8. The van der Waals surface area contributed by atoms with Crippen LogP contribution in [0.2, 0.25) is 5.02 Å². The number of carbonyl (C=O) groups excluding carboxylic acids is 1. The highest BCUT2D eigenvalue weighted by Crippen LogP contribution is 2.39. The second-order valence-corrected chi connectivity index (χ2v) is 11.4. The molecule has 212 valence electrons. The van der Waals surface area contributed by atoms with Gasteiger partial charge in [-0.25, -0.2) is 4.39 Å². The number of anilines is 2. The summed E-state index contributed by atoms with van der Waals surface area (Å²) in [5.74, 6) is 1.22. The molecule has 3 heterocycles. The van der Waals surface area contributed by atoms with Gasteiger partial charge in [0, 0.05) is 38.3 Å². The Morgan fingerprint density at radius 1 is 1.27 bits per heavy atom. The fourth-order valence-corrected chi connectivity index (χ4v) is 5.95. The van der Waals surface area contributed by atoms with Crippen LogP contribution in [0.1, 0.15) is 24.1 Å². The van der Waals surface area contributed by atoms with Gasteiger partial charge in [0.25, 0.3) is 0 Å². The smallest absolute Gasteiger partial charge is 0.318 e. The van der Waals surface area contributed by atoms with Gasteiger partial charge >= 0.3 is 6.01 Å². The first-order chi connectivity index (χ1) is 19.3. The third-order valence-corrected chi connectivity index (χ3v) is 8.25. The molecule has 2 aromatic rings. The van der Waals surface area contributed by atoms with Crippen LogP contribution in [-0.4, -0.2) is 85.1 Å². The molecule has 9 nitrogen and oxygen atoms in total. The average Bonchev–Trinajstić information content (AvgIpc) is 3.69. The van der Waals surface area contributed by atoms with Crippen molar-refractivity contribution in [3.05, 3.63) is 53.0 Å². The molecular formula is C29H35ClFN7O2. The molecule has 0 spiro atoms. The fourth-order valence-electron chi connectivity index (χ4n) is 5.78. The Morgan fingerprint density at radius 3 is 2.85 bits per heavy atom. The van der Waals surface area contributed by atoms with E-state index in [1.54, 1.807) is 23.1 Å². The molecule has 11 heteroatoms. The van der Waals surface area contributed by atoms with Crippen LogP contribution in [0.25, 0.3) is 0 Å². The van der Waals surface area contributed by atoms with Crippen molar-refractivity contribution < 1.29 is 13.9 Å². The maximum absolute atomic E-state index is 14.9. The summed E-state index contributed by atoms with van der Waals surface area (Å²) >= 11 is 6.08. The van der Waals surface area contributed by atoms with Crippen molar-refractivity contribution in [1.29, 1.82) is 5.26 Å². The number of amides is 1. The molecule has 0 radical (unpaired) electrons. The van der Waals surface area contributed by atoms with Crippen molar-refractivity contribution in [2.75, 3.05) is 63.2 Å². The van der Waals surface area contributed by atoms with Gasteiger partial charge in [0.1, 0.15) is 5.82 Å². The maximum Gasteiger partial charge on any atom is 0.318 e. The van der Waals surface area contributed by atoms with Crippen molar-refractivity contribution in [2.24, 2.45) is 11.8 Å². The van der Waals surface area contributed by atoms with E-state index in [1.807, 2.05) is 4.90 Å². The monoisotopic (exact) mass is 567 g/mol. The third kappa shape index (κ3) is 6.01. The fraction of sp³-hybridized carbons (Fsp3) is 0.517. The van der Waals surface area contributed by atoms with E-state index in [0.29, 0.717) is 69.3 Å². The molecular weight excluding hydrogens is 533 g/mol. The first-order valence-electron chi connectivity index (χ1n) is 13.7. The number of piperazine rings is 1. The topological polar surface area (TPSA) is 88.8 Å². The van der Waals surface area contributed by atoms with Crippen LogP contribution in [0.5, 0.6) is 6.01 Å². The number of hydrogen-bond donors (Lipinski definition) is 0. The summed E-state index contributed by atoms with van der Waals surface area (Å²) in [5, 5.41) is 9.53. The molecule has 1 aromatic heterocycles. The quantitative estimate of drug-likeness (QED) is 0.425. The Labute approximate surface area is 239 Å². The Hall–Kier alpha value is -3.42. The van der Waals surface area contributed by atoms with E-state index in [2.05, 4.69) is 36.5 Å². The van der Waals surface area contributed by atoms with Gasteiger partial charge < -0.3 is 24.3 Å². The normalized spacial score (nSPS) is 22.1. The first kappa shape index (κ1) is 28.1. The number of fused-ring (bicyclic) bond motifs is 1. The van der Waals surface area contributed by atoms with Crippen molar-refractivity contribution in [3.8, 4) is 12.1 Å². The highest BCUT2D eigenvalue weighted by atomic mass is 35.5. The van der Waals surface area contributed by atoms with Gasteiger partial charge in [-0.05, 0) is 57.0 Å². The second kappa shape index (κ2) is 12.0. The van der Waals surface area contributed by atoms with Gasteiger partial charge in [0.2, 0.25) is 5.91 Å². The molecule has 1 aliphatic carbocycles. The molecule has 3 unspecified atom stereocenters. The lowest BCUT2D eigenvalue weighted by atomic mass is 10.0. The summed E-state index contributed by atoms with van der Waals surface area (Å²) in [7, 11) is 4.15. The lowest BCUT2D eigenvalue weighted by molar-refractivity contribution is -0.128. The van der Waals surface area contributed by atoms with E-state index < -0.39 is 5.82 Å². The van der Waals surface area contributed by atoms with Gasteiger partial charge in [-0.15, -0.1) is 0 Å². The standard InChI is InChI=1S/C29H35ClFN7O2/c1-4-26(39)38-13-12-37(16-21(38)8-10-32)28-22-9-11-36(25-7-5-6-23(30)27(25)31)17-24(22)33-29(34-28)40-18-20-14-19(20)15-35(2)3/h4-7,19-21H,1,8-9,11-18H2,2-3H3. The Balaban J connectivity index is 1.42. The number of hydrogen-bond acceptors (Lipinski definition) is 8. The third-order valence-electron chi connectivity index (χ3n) is 7.96. The predicted molar refractivity (Wildman–Crippen MR) is 152 cm³/mol. The number of rotatable bonds is 9. The molecule has 1 amide bonds. The predicted octanol–water partition coefficient (Wildman–Crippen LogP) is 3.53. The van der Waals surface area contributed by atoms with Gasteiger partial charge in [-0.1, -0.05) is 24.2 Å². The molecule has 40 heavy (non-hydrogen) atoms.